The molecule has 0 fully saturated rings. The van der Waals surface area contributed by atoms with Crippen LogP contribution in [0.3, 0.4) is 0 Å². The Kier molecular flexibility index (Phi) is 5.94. The summed E-state index contributed by atoms with van der Waals surface area (Å²) in [6, 6.07) is 15.2. The van der Waals surface area contributed by atoms with E-state index in [-0.39, 0.29) is 0 Å². The maximum absolute atomic E-state index is 6.23. The fourth-order valence-electron chi connectivity index (χ4n) is 2.47. The van der Waals surface area contributed by atoms with Crippen molar-refractivity contribution >= 4 is 28.7 Å². The summed E-state index contributed by atoms with van der Waals surface area (Å²) in [7, 11) is 0. The topological polar surface area (TPSA) is 94.3 Å². The lowest BCUT2D eigenvalue weighted by molar-refractivity contribution is 0.340. The molecule has 0 radical (unpaired) electrons. The first-order valence-electron chi connectivity index (χ1n) is 8.79. The minimum absolute atomic E-state index is 0.431. The second-order valence-electron chi connectivity index (χ2n) is 5.65. The van der Waals surface area contributed by atoms with Crippen LogP contribution in [0.25, 0.3) is 0 Å². The summed E-state index contributed by atoms with van der Waals surface area (Å²) in [5.74, 6) is 2.69. The fourth-order valence-corrected chi connectivity index (χ4v) is 2.47. The van der Waals surface area contributed by atoms with Gasteiger partial charge in [-0.2, -0.15) is 0 Å². The maximum atomic E-state index is 6.23. The molecule has 0 amide bonds. The predicted molar refractivity (Wildman–Crippen MR) is 108 cm³/mol. The molecule has 7 nitrogen and oxygen atoms in total. The Morgan fingerprint density at radius 1 is 0.741 bits per heavy atom. The fraction of sp³-hybridized carbons (Fsp3) is 0.200. The molecule has 3 aromatic rings. The van der Waals surface area contributed by atoms with E-state index >= 15 is 0 Å². The van der Waals surface area contributed by atoms with E-state index in [0.717, 1.165) is 22.9 Å². The summed E-state index contributed by atoms with van der Waals surface area (Å²) in [5.41, 5.74) is 8.38. The number of hydrogen-bond acceptors (Lipinski definition) is 7. The largest absolute Gasteiger partial charge is 0.494 e. The highest BCUT2D eigenvalue weighted by molar-refractivity contribution is 5.80. The lowest BCUT2D eigenvalue weighted by Crippen LogP contribution is -2.05. The molecule has 0 aliphatic heterocycles. The van der Waals surface area contributed by atoms with E-state index in [1.165, 1.54) is 6.33 Å². The average molecular weight is 365 g/mol. The third kappa shape index (κ3) is 4.78. The first kappa shape index (κ1) is 18.3. The summed E-state index contributed by atoms with van der Waals surface area (Å²) >= 11 is 0. The lowest BCUT2D eigenvalue weighted by atomic mass is 10.3. The van der Waals surface area contributed by atoms with E-state index in [1.807, 2.05) is 62.4 Å². The van der Waals surface area contributed by atoms with Gasteiger partial charge in [-0.25, -0.2) is 9.97 Å². The van der Waals surface area contributed by atoms with Gasteiger partial charge in [0.05, 0.1) is 13.2 Å². The van der Waals surface area contributed by atoms with Crippen LogP contribution in [0.2, 0.25) is 0 Å². The monoisotopic (exact) mass is 365 g/mol. The van der Waals surface area contributed by atoms with Crippen molar-refractivity contribution in [1.82, 2.24) is 9.97 Å². The van der Waals surface area contributed by atoms with E-state index in [2.05, 4.69) is 20.6 Å². The third-order valence-electron chi connectivity index (χ3n) is 3.74. The predicted octanol–water partition coefficient (Wildman–Crippen LogP) is 4.34. The number of anilines is 5. The Bertz CT molecular complexity index is 797. The van der Waals surface area contributed by atoms with Crippen molar-refractivity contribution in [3.63, 3.8) is 0 Å². The zero-order valence-electron chi connectivity index (χ0n) is 15.4. The molecule has 2 aromatic carbocycles. The molecule has 27 heavy (non-hydrogen) atoms. The number of benzene rings is 2. The molecule has 1 aromatic heterocycles. The van der Waals surface area contributed by atoms with Crippen LogP contribution in [-0.4, -0.2) is 23.2 Å². The van der Waals surface area contributed by atoms with Crippen LogP contribution in [0.1, 0.15) is 13.8 Å². The lowest BCUT2D eigenvalue weighted by Gasteiger charge is -2.13. The van der Waals surface area contributed by atoms with Crippen molar-refractivity contribution in [2.45, 2.75) is 13.8 Å². The van der Waals surface area contributed by atoms with Gasteiger partial charge in [-0.05, 0) is 62.4 Å². The minimum atomic E-state index is 0.431. The Hall–Kier alpha value is -3.48. The number of aromatic nitrogens is 2. The van der Waals surface area contributed by atoms with Gasteiger partial charge >= 0.3 is 0 Å². The molecule has 140 valence electrons. The van der Waals surface area contributed by atoms with Crippen LogP contribution >= 0.6 is 0 Å². The van der Waals surface area contributed by atoms with E-state index in [4.69, 9.17) is 15.2 Å². The molecule has 0 saturated carbocycles. The van der Waals surface area contributed by atoms with E-state index in [0.29, 0.717) is 30.5 Å². The van der Waals surface area contributed by atoms with Crippen LogP contribution < -0.4 is 25.8 Å². The van der Waals surface area contributed by atoms with E-state index < -0.39 is 0 Å². The summed E-state index contributed by atoms with van der Waals surface area (Å²) in [6.45, 7) is 5.16. The number of rotatable bonds is 8. The number of nitrogens with one attached hydrogen (secondary N) is 2. The van der Waals surface area contributed by atoms with Gasteiger partial charge in [0.25, 0.3) is 0 Å². The van der Waals surface area contributed by atoms with Gasteiger partial charge in [-0.3, -0.25) is 0 Å². The smallest absolute Gasteiger partial charge is 0.159 e. The number of nitrogens with two attached hydrogens (primary N) is 1. The first-order chi connectivity index (χ1) is 13.2. The summed E-state index contributed by atoms with van der Waals surface area (Å²) in [6.07, 6.45) is 1.46. The van der Waals surface area contributed by atoms with Crippen LogP contribution in [0.15, 0.2) is 54.9 Å². The van der Waals surface area contributed by atoms with Gasteiger partial charge in [-0.1, -0.05) is 0 Å². The van der Waals surface area contributed by atoms with Gasteiger partial charge in [0, 0.05) is 11.4 Å². The number of hydrogen-bond donors (Lipinski definition) is 3. The summed E-state index contributed by atoms with van der Waals surface area (Å²) in [5, 5.41) is 6.40. The van der Waals surface area contributed by atoms with E-state index in [9.17, 15) is 0 Å². The van der Waals surface area contributed by atoms with Crippen LogP contribution in [0.5, 0.6) is 11.5 Å². The van der Waals surface area contributed by atoms with Gasteiger partial charge in [0.1, 0.15) is 23.5 Å². The van der Waals surface area contributed by atoms with E-state index in [1.54, 1.807) is 0 Å². The second-order valence-corrected chi connectivity index (χ2v) is 5.65. The molecule has 0 unspecified atom stereocenters. The Balaban J connectivity index is 1.73. The van der Waals surface area contributed by atoms with Crippen LogP contribution in [0, 0.1) is 0 Å². The quantitative estimate of drug-likeness (QED) is 0.546. The standard InChI is InChI=1S/C20H23N5O2/c1-3-26-16-9-5-14(6-10-16)24-19-18(21)20(23-13-22-19)25-15-7-11-17(12-8-15)27-4-2/h5-13H,3-4,21H2,1-2H3,(H2,22,23,24,25). The van der Waals surface area contributed by atoms with Crippen molar-refractivity contribution in [2.75, 3.05) is 29.6 Å². The molecular formula is C20H23N5O2. The van der Waals surface area contributed by atoms with Gasteiger partial charge in [0.2, 0.25) is 0 Å². The molecular weight excluding hydrogens is 342 g/mol. The normalized spacial score (nSPS) is 10.3. The van der Waals surface area contributed by atoms with Gasteiger partial charge in [0.15, 0.2) is 11.6 Å². The first-order valence-corrected chi connectivity index (χ1v) is 8.79. The number of nitrogen functional groups attached to an aromatic ring is 1. The molecule has 7 heteroatoms. The zero-order valence-corrected chi connectivity index (χ0v) is 15.4. The number of nitrogens with zero attached hydrogens (tertiary/aromatic N) is 2. The van der Waals surface area contributed by atoms with Crippen molar-refractivity contribution in [2.24, 2.45) is 0 Å². The highest BCUT2D eigenvalue weighted by atomic mass is 16.5. The van der Waals surface area contributed by atoms with Gasteiger partial charge in [-0.15, -0.1) is 0 Å². The van der Waals surface area contributed by atoms with Crippen LogP contribution in [0.4, 0.5) is 28.7 Å². The average Bonchev–Trinajstić information content (AvgIpc) is 2.68. The third-order valence-corrected chi connectivity index (χ3v) is 3.74. The molecule has 0 atom stereocenters. The number of ether oxygens (including phenoxy) is 2. The van der Waals surface area contributed by atoms with Crippen molar-refractivity contribution in [3.05, 3.63) is 54.9 Å². The SMILES string of the molecule is CCOc1ccc(Nc2ncnc(Nc3ccc(OCC)cc3)c2N)cc1. The molecule has 3 rings (SSSR count). The van der Waals surface area contributed by atoms with Crippen molar-refractivity contribution < 1.29 is 9.47 Å². The molecule has 0 saturated heterocycles. The summed E-state index contributed by atoms with van der Waals surface area (Å²) < 4.78 is 10.9. The molecule has 0 spiro atoms. The second kappa shape index (κ2) is 8.75. The van der Waals surface area contributed by atoms with Crippen molar-refractivity contribution in [3.8, 4) is 11.5 Å². The Morgan fingerprint density at radius 3 is 1.52 bits per heavy atom. The maximum Gasteiger partial charge on any atom is 0.159 e. The molecule has 0 aliphatic rings. The zero-order chi connectivity index (χ0) is 19.1. The van der Waals surface area contributed by atoms with Crippen LogP contribution in [-0.2, 0) is 0 Å². The molecule has 4 N–H and O–H groups in total. The minimum Gasteiger partial charge on any atom is -0.494 e. The Labute approximate surface area is 158 Å². The van der Waals surface area contributed by atoms with Crippen molar-refractivity contribution in [1.29, 1.82) is 0 Å². The Morgan fingerprint density at radius 2 is 1.15 bits per heavy atom. The molecule has 0 bridgehead atoms. The highest BCUT2D eigenvalue weighted by Crippen LogP contribution is 2.29. The highest BCUT2D eigenvalue weighted by Gasteiger charge is 2.09. The molecule has 0 aliphatic carbocycles. The molecule has 1 heterocycles. The summed E-state index contributed by atoms with van der Waals surface area (Å²) in [4.78, 5) is 8.47. The van der Waals surface area contributed by atoms with Gasteiger partial charge < -0.3 is 25.8 Å².